The maximum absolute atomic E-state index is 11.8. The van der Waals surface area contributed by atoms with Gasteiger partial charge in [-0.2, -0.15) is 5.10 Å². The molecule has 0 unspecified atom stereocenters. The lowest BCUT2D eigenvalue weighted by Gasteiger charge is -2.09. The van der Waals surface area contributed by atoms with Crippen LogP contribution < -0.4 is 16.1 Å². The van der Waals surface area contributed by atoms with Crippen molar-refractivity contribution in [2.75, 3.05) is 23.8 Å². The largest absolute Gasteiger partial charge is 0.384 e. The number of nitrogens with zero attached hydrogens (tertiary/aromatic N) is 2. The van der Waals surface area contributed by atoms with Gasteiger partial charge in [-0.15, -0.1) is 0 Å². The second-order valence-electron chi connectivity index (χ2n) is 7.50. The van der Waals surface area contributed by atoms with Crippen LogP contribution in [0.25, 0.3) is 10.9 Å². The van der Waals surface area contributed by atoms with Crippen molar-refractivity contribution in [2.24, 2.45) is 5.10 Å². The maximum atomic E-state index is 11.8. The van der Waals surface area contributed by atoms with Crippen molar-refractivity contribution in [2.45, 2.75) is 32.1 Å². The molecule has 0 spiro atoms. The number of aromatic nitrogens is 1. The van der Waals surface area contributed by atoms with Crippen molar-refractivity contribution in [1.29, 1.82) is 0 Å². The fourth-order valence-corrected chi connectivity index (χ4v) is 3.89. The molecule has 9 heteroatoms. The van der Waals surface area contributed by atoms with Crippen LogP contribution in [0.15, 0.2) is 53.8 Å². The van der Waals surface area contributed by atoms with Crippen LogP contribution in [0.3, 0.4) is 0 Å². The summed E-state index contributed by atoms with van der Waals surface area (Å²) in [7, 11) is 0. The quantitative estimate of drug-likeness (QED) is 0.144. The Morgan fingerprint density at radius 3 is 2.42 bits per heavy atom. The van der Waals surface area contributed by atoms with Crippen molar-refractivity contribution < 1.29 is 4.79 Å². The third kappa shape index (κ3) is 8.39. The van der Waals surface area contributed by atoms with Gasteiger partial charge in [0.2, 0.25) is 0 Å². The standard InChI is InChI=1S/C24H26Cl3N5O/c25-17-7-9-22(20(27)14-17)32-31-16-24(33)30-12-5-3-1-2-4-11-28-21-10-13-29-23-15-18(26)6-8-19(21)23/h6-10,13-16,32H,1-5,11-12H2,(H,28,29)(H,30,33)/b31-16+. The topological polar surface area (TPSA) is 78.4 Å². The molecular formula is C24H26Cl3N5O. The van der Waals surface area contributed by atoms with E-state index in [-0.39, 0.29) is 5.91 Å². The highest BCUT2D eigenvalue weighted by molar-refractivity contribution is 6.36. The number of amides is 1. The Morgan fingerprint density at radius 1 is 0.879 bits per heavy atom. The highest BCUT2D eigenvalue weighted by Gasteiger charge is 2.03. The first kappa shape index (κ1) is 25.1. The summed E-state index contributed by atoms with van der Waals surface area (Å²) in [5.41, 5.74) is 5.28. The van der Waals surface area contributed by atoms with E-state index in [2.05, 4.69) is 26.1 Å². The molecule has 3 aromatic rings. The molecule has 0 saturated carbocycles. The van der Waals surface area contributed by atoms with Gasteiger partial charge >= 0.3 is 0 Å². The van der Waals surface area contributed by atoms with E-state index in [1.165, 1.54) is 6.21 Å². The van der Waals surface area contributed by atoms with Gasteiger partial charge in [0.1, 0.15) is 6.21 Å². The summed E-state index contributed by atoms with van der Waals surface area (Å²) >= 11 is 17.9. The Morgan fingerprint density at radius 2 is 1.61 bits per heavy atom. The van der Waals surface area contributed by atoms with Crippen molar-refractivity contribution in [3.63, 3.8) is 0 Å². The molecule has 2 aromatic carbocycles. The number of fused-ring (bicyclic) bond motifs is 1. The molecule has 1 amide bonds. The third-order valence-electron chi connectivity index (χ3n) is 4.97. The summed E-state index contributed by atoms with van der Waals surface area (Å²) in [5.74, 6) is -0.248. The van der Waals surface area contributed by atoms with Gasteiger partial charge in [0.25, 0.3) is 5.91 Å². The summed E-state index contributed by atoms with van der Waals surface area (Å²) in [5, 5.41) is 13.0. The summed E-state index contributed by atoms with van der Waals surface area (Å²) in [4.78, 5) is 16.2. The first-order valence-corrected chi connectivity index (χ1v) is 12.0. The zero-order valence-corrected chi connectivity index (χ0v) is 20.4. The average molecular weight is 507 g/mol. The van der Waals surface area contributed by atoms with Crippen LogP contribution in [0.5, 0.6) is 0 Å². The van der Waals surface area contributed by atoms with E-state index >= 15 is 0 Å². The predicted molar refractivity (Wildman–Crippen MR) is 140 cm³/mol. The van der Waals surface area contributed by atoms with Gasteiger partial charge in [0, 0.05) is 40.4 Å². The van der Waals surface area contributed by atoms with E-state index in [4.69, 9.17) is 34.8 Å². The zero-order chi connectivity index (χ0) is 23.5. The Labute approximate surface area is 208 Å². The number of rotatable bonds is 12. The highest BCUT2D eigenvalue weighted by atomic mass is 35.5. The summed E-state index contributed by atoms with van der Waals surface area (Å²) in [6, 6.07) is 12.7. The molecule has 6 nitrogen and oxygen atoms in total. The highest BCUT2D eigenvalue weighted by Crippen LogP contribution is 2.25. The second-order valence-corrected chi connectivity index (χ2v) is 8.78. The number of hydrogen-bond donors (Lipinski definition) is 3. The molecule has 3 rings (SSSR count). The van der Waals surface area contributed by atoms with Gasteiger partial charge < -0.3 is 10.6 Å². The second kappa shape index (κ2) is 13.2. The number of pyridine rings is 1. The number of hydrazone groups is 1. The van der Waals surface area contributed by atoms with E-state index in [1.807, 2.05) is 24.3 Å². The Balaban J connectivity index is 1.23. The van der Waals surface area contributed by atoms with Crippen LogP contribution in [0, 0.1) is 0 Å². The number of hydrogen-bond acceptors (Lipinski definition) is 5. The summed E-state index contributed by atoms with van der Waals surface area (Å²) < 4.78 is 0. The van der Waals surface area contributed by atoms with E-state index in [0.29, 0.717) is 27.3 Å². The molecule has 174 valence electrons. The molecule has 0 aliphatic carbocycles. The van der Waals surface area contributed by atoms with Crippen LogP contribution in [0.2, 0.25) is 15.1 Å². The number of carbonyl (C=O) groups is 1. The van der Waals surface area contributed by atoms with Crippen LogP contribution in [0.1, 0.15) is 32.1 Å². The van der Waals surface area contributed by atoms with E-state index in [9.17, 15) is 4.79 Å². The predicted octanol–water partition coefficient (Wildman–Crippen LogP) is 6.77. The molecule has 0 aliphatic rings. The zero-order valence-electron chi connectivity index (χ0n) is 18.1. The van der Waals surface area contributed by atoms with E-state index in [1.54, 1.807) is 24.4 Å². The Bertz CT molecular complexity index is 1110. The Kier molecular flexibility index (Phi) is 10.1. The van der Waals surface area contributed by atoms with Gasteiger partial charge in [0.05, 0.1) is 16.2 Å². The molecular weight excluding hydrogens is 481 g/mol. The lowest BCUT2D eigenvalue weighted by atomic mass is 10.1. The molecule has 33 heavy (non-hydrogen) atoms. The molecule has 0 fully saturated rings. The van der Waals surface area contributed by atoms with Gasteiger partial charge in [-0.1, -0.05) is 54.1 Å². The molecule has 1 aromatic heterocycles. The molecule has 0 saturated heterocycles. The minimum Gasteiger partial charge on any atom is -0.384 e. The van der Waals surface area contributed by atoms with Crippen molar-refractivity contribution in [1.82, 2.24) is 10.3 Å². The SMILES string of the molecule is O=C(/C=N/Nc1ccc(Cl)cc1Cl)NCCCCCCCNc1ccnc2cc(Cl)ccc12. The number of carbonyl (C=O) groups excluding carboxylic acids is 1. The Hall–Kier alpha value is -2.54. The lowest BCUT2D eigenvalue weighted by molar-refractivity contribution is -0.114. The fraction of sp³-hybridized carbons (Fsp3) is 0.292. The number of anilines is 2. The minimum absolute atomic E-state index is 0.248. The van der Waals surface area contributed by atoms with Gasteiger partial charge in [-0.05, 0) is 55.3 Å². The van der Waals surface area contributed by atoms with E-state index in [0.717, 1.165) is 55.2 Å². The van der Waals surface area contributed by atoms with Crippen LogP contribution in [-0.4, -0.2) is 30.2 Å². The molecule has 1 heterocycles. The summed E-state index contributed by atoms with van der Waals surface area (Å²) in [6.45, 7) is 1.52. The van der Waals surface area contributed by atoms with Gasteiger partial charge in [-0.3, -0.25) is 15.2 Å². The number of nitrogens with one attached hydrogen (secondary N) is 3. The van der Waals surface area contributed by atoms with Crippen LogP contribution >= 0.6 is 34.8 Å². The van der Waals surface area contributed by atoms with Crippen molar-refractivity contribution in [3.8, 4) is 0 Å². The number of benzene rings is 2. The molecule has 3 N–H and O–H groups in total. The monoisotopic (exact) mass is 505 g/mol. The molecule has 0 bridgehead atoms. The maximum Gasteiger partial charge on any atom is 0.264 e. The minimum atomic E-state index is -0.248. The van der Waals surface area contributed by atoms with Crippen LogP contribution in [-0.2, 0) is 4.79 Å². The van der Waals surface area contributed by atoms with Crippen LogP contribution in [0.4, 0.5) is 11.4 Å². The number of halogens is 3. The van der Waals surface area contributed by atoms with E-state index < -0.39 is 0 Å². The normalized spacial score (nSPS) is 11.1. The molecule has 0 radical (unpaired) electrons. The van der Waals surface area contributed by atoms with Crippen molar-refractivity contribution in [3.05, 3.63) is 63.7 Å². The average Bonchev–Trinajstić information content (AvgIpc) is 2.79. The fourth-order valence-electron chi connectivity index (χ4n) is 3.28. The summed E-state index contributed by atoms with van der Waals surface area (Å²) in [6.07, 6.45) is 8.32. The molecule has 0 aliphatic heterocycles. The third-order valence-corrected chi connectivity index (χ3v) is 5.75. The van der Waals surface area contributed by atoms with Gasteiger partial charge in [0.15, 0.2) is 0 Å². The van der Waals surface area contributed by atoms with Gasteiger partial charge in [-0.25, -0.2) is 0 Å². The smallest absolute Gasteiger partial charge is 0.264 e. The molecule has 0 atom stereocenters. The van der Waals surface area contributed by atoms with Crippen molar-refractivity contribution >= 4 is 69.2 Å². The number of unbranched alkanes of at least 4 members (excludes halogenated alkanes) is 4. The first-order chi connectivity index (χ1) is 16.0. The first-order valence-electron chi connectivity index (χ1n) is 10.8. The lowest BCUT2D eigenvalue weighted by Crippen LogP contribution is -2.25.